The minimum atomic E-state index is -0.350. The predicted octanol–water partition coefficient (Wildman–Crippen LogP) is -0.0283. The Morgan fingerprint density at radius 1 is 1.23 bits per heavy atom. The molecule has 2 aliphatic heterocycles. The Bertz CT molecular complexity index is 615. The van der Waals surface area contributed by atoms with Crippen LogP contribution in [0.2, 0.25) is 0 Å². The largest absolute Gasteiger partial charge is 0.353 e. The lowest BCUT2D eigenvalue weighted by Gasteiger charge is -2.38. The van der Waals surface area contributed by atoms with E-state index in [2.05, 4.69) is 38.9 Å². The van der Waals surface area contributed by atoms with Crippen LogP contribution in [0.3, 0.4) is 0 Å². The van der Waals surface area contributed by atoms with Crippen molar-refractivity contribution in [3.8, 4) is 0 Å². The lowest BCUT2D eigenvalue weighted by atomic mass is 10.1. The lowest BCUT2D eigenvalue weighted by Crippen LogP contribution is -2.58. The fourth-order valence-electron chi connectivity index (χ4n) is 3.61. The minimum Gasteiger partial charge on any atom is -0.353 e. The van der Waals surface area contributed by atoms with Gasteiger partial charge in [0.1, 0.15) is 5.82 Å². The molecular weight excluding hydrogens is 332 g/mol. The second-order valence-corrected chi connectivity index (χ2v) is 7.33. The van der Waals surface area contributed by atoms with Gasteiger partial charge in [0.2, 0.25) is 11.8 Å². The van der Waals surface area contributed by atoms with E-state index in [1.807, 2.05) is 4.90 Å². The van der Waals surface area contributed by atoms with E-state index < -0.39 is 0 Å². The Hall–Kier alpha value is -2.22. The number of amides is 2. The van der Waals surface area contributed by atoms with Crippen molar-refractivity contribution in [2.75, 3.05) is 50.7 Å². The van der Waals surface area contributed by atoms with Crippen LogP contribution in [0, 0.1) is 5.92 Å². The molecule has 3 rings (SSSR count). The van der Waals surface area contributed by atoms with Gasteiger partial charge in [-0.05, 0) is 5.92 Å². The number of carbonyl (C=O) groups is 2. The molecule has 8 heteroatoms. The Morgan fingerprint density at radius 2 is 2.00 bits per heavy atom. The van der Waals surface area contributed by atoms with Crippen molar-refractivity contribution < 1.29 is 9.59 Å². The number of aromatic nitrogens is 2. The Morgan fingerprint density at radius 3 is 2.65 bits per heavy atom. The zero-order chi connectivity index (χ0) is 18.5. The fourth-order valence-corrected chi connectivity index (χ4v) is 3.61. The Balaban J connectivity index is 1.55. The molecule has 2 fully saturated rings. The third kappa shape index (κ3) is 4.49. The van der Waals surface area contributed by atoms with E-state index in [0.29, 0.717) is 25.6 Å². The maximum absolute atomic E-state index is 12.8. The summed E-state index contributed by atoms with van der Waals surface area (Å²) in [6, 6.07) is -0.350. The van der Waals surface area contributed by atoms with Crippen molar-refractivity contribution in [2.24, 2.45) is 5.92 Å². The van der Waals surface area contributed by atoms with Crippen LogP contribution in [0.4, 0.5) is 5.82 Å². The molecule has 0 spiro atoms. The van der Waals surface area contributed by atoms with Gasteiger partial charge in [0.25, 0.3) is 0 Å². The smallest absolute Gasteiger partial charge is 0.237 e. The third-order valence-corrected chi connectivity index (χ3v) is 4.92. The molecule has 1 atom stereocenters. The van der Waals surface area contributed by atoms with Crippen LogP contribution < -0.4 is 10.2 Å². The standard InChI is InChI=1S/C18H28N6O2/c1-14(2)13-24-6-5-21-18(26)15(24)11-17(25)23-9-7-22(8-10-23)16-12-19-3-4-20-16/h3-4,12,14-15H,5-11,13H2,1-2H3,(H,21,26). The van der Waals surface area contributed by atoms with Gasteiger partial charge < -0.3 is 15.1 Å². The number of piperazine rings is 2. The normalized spacial score (nSPS) is 21.8. The van der Waals surface area contributed by atoms with Gasteiger partial charge in [-0.1, -0.05) is 13.8 Å². The molecule has 0 radical (unpaired) electrons. The van der Waals surface area contributed by atoms with E-state index in [-0.39, 0.29) is 24.3 Å². The number of anilines is 1. The van der Waals surface area contributed by atoms with E-state index in [0.717, 1.165) is 32.0 Å². The summed E-state index contributed by atoms with van der Waals surface area (Å²) in [5, 5.41) is 2.90. The maximum atomic E-state index is 12.8. The molecule has 0 bridgehead atoms. The molecular formula is C18H28N6O2. The lowest BCUT2D eigenvalue weighted by molar-refractivity contribution is -0.139. The first-order valence-electron chi connectivity index (χ1n) is 9.35. The molecule has 142 valence electrons. The second kappa shape index (κ2) is 8.44. The average molecular weight is 360 g/mol. The monoisotopic (exact) mass is 360 g/mol. The first-order chi connectivity index (χ1) is 12.5. The summed E-state index contributed by atoms with van der Waals surface area (Å²) in [6.07, 6.45) is 5.33. The number of nitrogens with one attached hydrogen (secondary N) is 1. The Kier molecular flexibility index (Phi) is 6.03. The molecule has 26 heavy (non-hydrogen) atoms. The zero-order valence-electron chi connectivity index (χ0n) is 15.6. The van der Waals surface area contributed by atoms with E-state index in [1.54, 1.807) is 18.6 Å². The highest BCUT2D eigenvalue weighted by atomic mass is 16.2. The molecule has 1 aromatic rings. The molecule has 2 aliphatic rings. The number of hydrogen-bond acceptors (Lipinski definition) is 6. The number of nitrogens with zero attached hydrogens (tertiary/aromatic N) is 5. The highest BCUT2D eigenvalue weighted by molar-refractivity contribution is 5.89. The predicted molar refractivity (Wildman–Crippen MR) is 98.7 cm³/mol. The van der Waals surface area contributed by atoms with E-state index in [1.165, 1.54) is 0 Å². The quantitative estimate of drug-likeness (QED) is 0.794. The van der Waals surface area contributed by atoms with Crippen LogP contribution >= 0.6 is 0 Å². The topological polar surface area (TPSA) is 81.7 Å². The highest BCUT2D eigenvalue weighted by Gasteiger charge is 2.33. The summed E-state index contributed by atoms with van der Waals surface area (Å²) in [6.45, 7) is 9.34. The summed E-state index contributed by atoms with van der Waals surface area (Å²) in [7, 11) is 0. The van der Waals surface area contributed by atoms with Crippen LogP contribution in [0.1, 0.15) is 20.3 Å². The summed E-state index contributed by atoms with van der Waals surface area (Å²) in [5.74, 6) is 1.34. The van der Waals surface area contributed by atoms with E-state index in [9.17, 15) is 9.59 Å². The van der Waals surface area contributed by atoms with E-state index in [4.69, 9.17) is 0 Å². The minimum absolute atomic E-state index is 0.0246. The average Bonchev–Trinajstić information content (AvgIpc) is 2.65. The Labute approximate surface area is 154 Å². The van der Waals surface area contributed by atoms with Gasteiger partial charge in [-0.15, -0.1) is 0 Å². The van der Waals surface area contributed by atoms with Gasteiger partial charge in [-0.25, -0.2) is 4.98 Å². The van der Waals surface area contributed by atoms with Crippen molar-refractivity contribution >= 4 is 17.6 Å². The summed E-state index contributed by atoms with van der Waals surface area (Å²) < 4.78 is 0. The van der Waals surface area contributed by atoms with Gasteiger partial charge >= 0.3 is 0 Å². The van der Waals surface area contributed by atoms with Crippen LogP contribution in [-0.4, -0.2) is 83.4 Å². The van der Waals surface area contributed by atoms with Gasteiger partial charge in [0.15, 0.2) is 0 Å². The molecule has 0 aliphatic carbocycles. The molecule has 3 heterocycles. The SMILES string of the molecule is CC(C)CN1CCNC(=O)C1CC(=O)N1CCN(c2cnccn2)CC1. The van der Waals surface area contributed by atoms with Crippen LogP contribution in [0.25, 0.3) is 0 Å². The fraction of sp³-hybridized carbons (Fsp3) is 0.667. The van der Waals surface area contributed by atoms with Crippen molar-refractivity contribution in [3.05, 3.63) is 18.6 Å². The molecule has 1 N–H and O–H groups in total. The van der Waals surface area contributed by atoms with Crippen molar-refractivity contribution in [3.63, 3.8) is 0 Å². The van der Waals surface area contributed by atoms with Crippen LogP contribution in [0.15, 0.2) is 18.6 Å². The van der Waals surface area contributed by atoms with Crippen molar-refractivity contribution in [1.82, 2.24) is 25.1 Å². The van der Waals surface area contributed by atoms with Gasteiger partial charge in [0.05, 0.1) is 18.7 Å². The molecule has 1 unspecified atom stereocenters. The number of rotatable bonds is 5. The second-order valence-electron chi connectivity index (χ2n) is 7.33. The first-order valence-corrected chi connectivity index (χ1v) is 9.35. The molecule has 0 saturated carbocycles. The van der Waals surface area contributed by atoms with Crippen molar-refractivity contribution in [1.29, 1.82) is 0 Å². The summed E-state index contributed by atoms with van der Waals surface area (Å²) in [5.41, 5.74) is 0. The third-order valence-electron chi connectivity index (χ3n) is 4.92. The zero-order valence-corrected chi connectivity index (χ0v) is 15.6. The van der Waals surface area contributed by atoms with Crippen LogP contribution in [-0.2, 0) is 9.59 Å². The molecule has 1 aromatic heterocycles. The number of hydrogen-bond donors (Lipinski definition) is 1. The highest BCUT2D eigenvalue weighted by Crippen LogP contribution is 2.16. The van der Waals surface area contributed by atoms with Gasteiger partial charge in [0, 0.05) is 58.2 Å². The molecule has 2 saturated heterocycles. The molecule has 2 amide bonds. The summed E-state index contributed by atoms with van der Waals surface area (Å²) >= 11 is 0. The maximum Gasteiger partial charge on any atom is 0.237 e. The number of carbonyl (C=O) groups excluding carboxylic acids is 2. The molecule has 8 nitrogen and oxygen atoms in total. The van der Waals surface area contributed by atoms with E-state index >= 15 is 0 Å². The van der Waals surface area contributed by atoms with Crippen molar-refractivity contribution in [2.45, 2.75) is 26.3 Å². The first kappa shape index (κ1) is 18.6. The molecule has 0 aromatic carbocycles. The summed E-state index contributed by atoms with van der Waals surface area (Å²) in [4.78, 5) is 39.6. The van der Waals surface area contributed by atoms with Crippen LogP contribution in [0.5, 0.6) is 0 Å². The van der Waals surface area contributed by atoms with Gasteiger partial charge in [-0.3, -0.25) is 19.5 Å². The van der Waals surface area contributed by atoms with Gasteiger partial charge in [-0.2, -0.15) is 0 Å².